The van der Waals surface area contributed by atoms with Crippen molar-refractivity contribution in [3.63, 3.8) is 0 Å². The number of anilines is 1. The number of ether oxygens (including phenoxy) is 1. The fourth-order valence-corrected chi connectivity index (χ4v) is 3.59. The van der Waals surface area contributed by atoms with Crippen LogP contribution in [0, 0.1) is 0 Å². The van der Waals surface area contributed by atoms with E-state index in [-0.39, 0.29) is 0 Å². The van der Waals surface area contributed by atoms with Gasteiger partial charge in [0.2, 0.25) is 0 Å². The van der Waals surface area contributed by atoms with Crippen LogP contribution in [0.5, 0.6) is 11.5 Å². The number of nitrogen functional groups attached to an aromatic ring is 1. The van der Waals surface area contributed by atoms with Gasteiger partial charge in [-0.1, -0.05) is 12.1 Å². The van der Waals surface area contributed by atoms with Crippen LogP contribution in [-0.4, -0.2) is 37.8 Å². The highest BCUT2D eigenvalue weighted by atomic mass is 16.5. The number of imidazole rings is 1. The van der Waals surface area contributed by atoms with Gasteiger partial charge in [0.05, 0.1) is 23.1 Å². The number of hydrogen-bond donors (Lipinski definition) is 2. The van der Waals surface area contributed by atoms with Crippen LogP contribution in [0.3, 0.4) is 0 Å². The largest absolute Gasteiger partial charge is 0.457 e. The molecule has 0 saturated heterocycles. The first kappa shape index (κ1) is 18.1. The molecule has 0 amide bonds. The van der Waals surface area contributed by atoms with Gasteiger partial charge in [0, 0.05) is 25.7 Å². The lowest BCUT2D eigenvalue weighted by Crippen LogP contribution is -2.50. The molecule has 150 valence electrons. The zero-order chi connectivity index (χ0) is 20.8. The maximum Gasteiger partial charge on any atom is 0.174 e. The van der Waals surface area contributed by atoms with Crippen LogP contribution in [0.15, 0.2) is 60.1 Å². The van der Waals surface area contributed by atoms with Gasteiger partial charge in [-0.3, -0.25) is 5.73 Å². The van der Waals surface area contributed by atoms with E-state index in [0.717, 1.165) is 22.3 Å². The molecule has 0 radical (unpaired) electrons. The van der Waals surface area contributed by atoms with Crippen LogP contribution in [0.4, 0.5) is 5.82 Å². The van der Waals surface area contributed by atoms with Crippen molar-refractivity contribution in [3.8, 4) is 11.5 Å². The highest BCUT2D eigenvalue weighted by molar-refractivity contribution is 5.77. The normalized spacial score (nSPS) is 15.8. The molecule has 0 aliphatic carbocycles. The molecule has 5 rings (SSSR count). The maximum atomic E-state index is 6.27. The van der Waals surface area contributed by atoms with Gasteiger partial charge in [0.1, 0.15) is 28.5 Å². The molecule has 4 N–H and O–H groups in total. The third-order valence-corrected chi connectivity index (χ3v) is 5.15. The average molecular weight is 400 g/mol. The predicted octanol–water partition coefficient (Wildman–Crippen LogP) is 0.702. The van der Waals surface area contributed by atoms with E-state index in [4.69, 9.17) is 16.2 Å². The molecule has 1 unspecified atom stereocenters. The van der Waals surface area contributed by atoms with Crippen LogP contribution in [0.1, 0.15) is 5.56 Å². The van der Waals surface area contributed by atoms with Crippen molar-refractivity contribution >= 4 is 22.5 Å². The summed E-state index contributed by atoms with van der Waals surface area (Å²) in [6.45, 7) is 0. The van der Waals surface area contributed by atoms with E-state index < -0.39 is 6.29 Å². The molecule has 4 aromatic rings. The minimum Gasteiger partial charge on any atom is -0.457 e. The quantitative estimate of drug-likeness (QED) is 0.519. The second kappa shape index (κ2) is 6.82. The SMILES string of the molecule is CN1C(c2ccccc2Oc2ccc3c(c2)ncn3C)=c2ncnc(N)c2=NC1N. The van der Waals surface area contributed by atoms with Crippen LogP contribution in [0.2, 0.25) is 0 Å². The lowest BCUT2D eigenvalue weighted by atomic mass is 10.1. The summed E-state index contributed by atoms with van der Waals surface area (Å²) < 4.78 is 8.23. The van der Waals surface area contributed by atoms with Crippen molar-refractivity contribution < 1.29 is 4.74 Å². The Morgan fingerprint density at radius 3 is 2.73 bits per heavy atom. The monoisotopic (exact) mass is 400 g/mol. The number of aromatic nitrogens is 4. The lowest BCUT2D eigenvalue weighted by Gasteiger charge is -2.29. The van der Waals surface area contributed by atoms with Crippen molar-refractivity contribution in [2.24, 2.45) is 17.8 Å². The summed E-state index contributed by atoms with van der Waals surface area (Å²) in [6, 6.07) is 13.5. The topological polar surface area (TPSA) is 120 Å². The molecule has 1 aliphatic heterocycles. The highest BCUT2D eigenvalue weighted by Crippen LogP contribution is 2.32. The van der Waals surface area contributed by atoms with E-state index in [1.807, 2.05) is 66.0 Å². The molecular weight excluding hydrogens is 380 g/mol. The molecule has 1 atom stereocenters. The summed E-state index contributed by atoms with van der Waals surface area (Å²) in [5.41, 5.74) is 15.8. The first-order valence-corrected chi connectivity index (χ1v) is 9.38. The Balaban J connectivity index is 1.67. The summed E-state index contributed by atoms with van der Waals surface area (Å²) in [4.78, 5) is 19.2. The summed E-state index contributed by atoms with van der Waals surface area (Å²) >= 11 is 0. The van der Waals surface area contributed by atoms with Gasteiger partial charge >= 0.3 is 0 Å². The molecule has 9 nitrogen and oxygen atoms in total. The third kappa shape index (κ3) is 2.83. The molecule has 3 heterocycles. The molecule has 2 aromatic carbocycles. The van der Waals surface area contributed by atoms with Gasteiger partial charge in [0.25, 0.3) is 0 Å². The van der Waals surface area contributed by atoms with E-state index in [1.54, 1.807) is 6.33 Å². The predicted molar refractivity (Wildman–Crippen MR) is 113 cm³/mol. The van der Waals surface area contributed by atoms with Gasteiger partial charge in [-0.15, -0.1) is 0 Å². The molecule has 0 spiro atoms. The maximum absolute atomic E-state index is 6.27. The minimum absolute atomic E-state index is 0.292. The number of nitrogens with zero attached hydrogens (tertiary/aromatic N) is 6. The fraction of sp³-hybridized carbons (Fsp3) is 0.143. The molecule has 0 bridgehead atoms. The van der Waals surface area contributed by atoms with Crippen LogP contribution >= 0.6 is 0 Å². The molecule has 30 heavy (non-hydrogen) atoms. The van der Waals surface area contributed by atoms with E-state index in [0.29, 0.717) is 28.0 Å². The zero-order valence-corrected chi connectivity index (χ0v) is 16.5. The van der Waals surface area contributed by atoms with Gasteiger partial charge in [-0.2, -0.15) is 0 Å². The molecular formula is C21H20N8O. The van der Waals surface area contributed by atoms with Crippen molar-refractivity contribution in [1.82, 2.24) is 24.4 Å². The number of aryl methyl sites for hydroxylation is 1. The summed E-state index contributed by atoms with van der Waals surface area (Å²) in [5.74, 6) is 1.64. The highest BCUT2D eigenvalue weighted by Gasteiger charge is 2.24. The van der Waals surface area contributed by atoms with E-state index in [9.17, 15) is 0 Å². The number of hydrogen-bond acceptors (Lipinski definition) is 8. The minimum atomic E-state index is -0.612. The third-order valence-electron chi connectivity index (χ3n) is 5.15. The fourth-order valence-electron chi connectivity index (χ4n) is 3.59. The first-order chi connectivity index (χ1) is 14.5. The Morgan fingerprint density at radius 2 is 1.87 bits per heavy atom. The Morgan fingerprint density at radius 1 is 1.03 bits per heavy atom. The standard InChI is InChI=1S/C21H20N8O/c1-28-11-26-14-9-12(7-8-15(14)28)30-16-6-4-3-5-13(16)19-17-18(20(22)25-10-24-17)27-21(23)29(19)2/h3-11,21H,23H2,1-2H3,(H2,22,24,25). The number of benzene rings is 2. The van der Waals surface area contributed by atoms with Gasteiger partial charge in [-0.05, 0) is 24.3 Å². The Kier molecular flexibility index (Phi) is 4.11. The van der Waals surface area contributed by atoms with Crippen molar-refractivity contribution in [2.75, 3.05) is 12.8 Å². The van der Waals surface area contributed by atoms with Gasteiger partial charge < -0.3 is 19.9 Å². The smallest absolute Gasteiger partial charge is 0.174 e. The van der Waals surface area contributed by atoms with Crippen molar-refractivity contribution in [1.29, 1.82) is 0 Å². The second-order valence-electron chi connectivity index (χ2n) is 7.06. The van der Waals surface area contributed by atoms with E-state index in [2.05, 4.69) is 19.9 Å². The molecule has 0 saturated carbocycles. The number of rotatable bonds is 3. The first-order valence-electron chi connectivity index (χ1n) is 9.38. The Hall–Kier alpha value is -3.98. The Bertz CT molecular complexity index is 1390. The molecule has 9 heteroatoms. The van der Waals surface area contributed by atoms with Gasteiger partial charge in [0.15, 0.2) is 12.1 Å². The van der Waals surface area contributed by atoms with E-state index >= 15 is 0 Å². The van der Waals surface area contributed by atoms with E-state index in [1.165, 1.54) is 6.33 Å². The number of nitrogens with two attached hydrogens (primary N) is 2. The van der Waals surface area contributed by atoms with Crippen molar-refractivity contribution in [2.45, 2.75) is 6.29 Å². The molecule has 0 fully saturated rings. The van der Waals surface area contributed by atoms with Crippen LogP contribution in [-0.2, 0) is 7.05 Å². The van der Waals surface area contributed by atoms with Crippen LogP contribution in [0.25, 0.3) is 16.7 Å². The molecule has 2 aromatic heterocycles. The average Bonchev–Trinajstić information content (AvgIpc) is 3.11. The second-order valence-corrected chi connectivity index (χ2v) is 7.06. The Labute approximate surface area is 172 Å². The number of para-hydroxylation sites is 1. The lowest BCUT2D eigenvalue weighted by molar-refractivity contribution is 0.348. The number of fused-ring (bicyclic) bond motifs is 2. The van der Waals surface area contributed by atoms with Crippen molar-refractivity contribution in [3.05, 3.63) is 71.4 Å². The summed E-state index contributed by atoms with van der Waals surface area (Å²) in [5, 5.41) is 1.10. The summed E-state index contributed by atoms with van der Waals surface area (Å²) in [7, 11) is 3.82. The van der Waals surface area contributed by atoms with Gasteiger partial charge in [-0.25, -0.2) is 19.9 Å². The van der Waals surface area contributed by atoms with Crippen LogP contribution < -0.4 is 26.9 Å². The summed E-state index contributed by atoms with van der Waals surface area (Å²) in [6.07, 6.45) is 2.59. The molecule has 1 aliphatic rings. The zero-order valence-electron chi connectivity index (χ0n) is 16.5.